The molecule has 1 aliphatic rings. The summed E-state index contributed by atoms with van der Waals surface area (Å²) in [4.78, 5) is 12.6. The van der Waals surface area contributed by atoms with Gasteiger partial charge in [0, 0.05) is 21.9 Å². The van der Waals surface area contributed by atoms with Crippen molar-refractivity contribution in [2.75, 3.05) is 0 Å². The van der Waals surface area contributed by atoms with E-state index in [0.29, 0.717) is 10.6 Å². The third kappa shape index (κ3) is 2.44. The van der Waals surface area contributed by atoms with Gasteiger partial charge < -0.3 is 5.11 Å². The molecule has 1 atom stereocenters. The molecule has 0 fully saturated rings. The summed E-state index contributed by atoms with van der Waals surface area (Å²) < 4.78 is 0. The molecule has 2 aromatic carbocycles. The van der Waals surface area contributed by atoms with Gasteiger partial charge in [-0.3, -0.25) is 4.79 Å². The summed E-state index contributed by atoms with van der Waals surface area (Å²) in [6.07, 6.45) is 0.755. The Bertz CT molecular complexity index is 702. The molecule has 0 spiro atoms. The molecule has 2 aromatic rings. The van der Waals surface area contributed by atoms with E-state index in [4.69, 9.17) is 11.6 Å². The molecule has 108 valence electrons. The summed E-state index contributed by atoms with van der Waals surface area (Å²) in [5.41, 5.74) is 2.32. The zero-order chi connectivity index (χ0) is 15.2. The van der Waals surface area contributed by atoms with Crippen LogP contribution in [0.4, 0.5) is 0 Å². The molecule has 1 N–H and O–H groups in total. The molecular weight excluding hydrogens is 284 g/mol. The first kappa shape index (κ1) is 14.2. The van der Waals surface area contributed by atoms with E-state index in [0.717, 1.165) is 17.5 Å². The molecule has 3 rings (SSSR count). The van der Waals surface area contributed by atoms with Gasteiger partial charge in [0.25, 0.3) is 0 Å². The fourth-order valence-electron chi connectivity index (χ4n) is 3.11. The highest BCUT2D eigenvalue weighted by Gasteiger charge is 2.39. The number of hydrogen-bond donors (Lipinski definition) is 1. The molecule has 3 heteroatoms. The number of benzene rings is 2. The average molecular weight is 301 g/mol. The van der Waals surface area contributed by atoms with Gasteiger partial charge in [-0.15, -0.1) is 0 Å². The van der Waals surface area contributed by atoms with Gasteiger partial charge in [-0.05, 0) is 41.8 Å². The minimum Gasteiger partial charge on any atom is -0.508 e. The molecule has 1 aliphatic carbocycles. The first-order valence-corrected chi connectivity index (χ1v) is 7.39. The van der Waals surface area contributed by atoms with Crippen molar-refractivity contribution < 1.29 is 9.90 Å². The Kier molecular flexibility index (Phi) is 3.29. The minimum absolute atomic E-state index is 0.0959. The van der Waals surface area contributed by atoms with Crippen LogP contribution in [0.3, 0.4) is 0 Å². The molecule has 0 amide bonds. The molecule has 0 aromatic heterocycles. The highest BCUT2D eigenvalue weighted by Crippen LogP contribution is 2.45. The maximum absolute atomic E-state index is 12.6. The van der Waals surface area contributed by atoms with Gasteiger partial charge in [-0.2, -0.15) is 0 Å². The van der Waals surface area contributed by atoms with E-state index in [9.17, 15) is 9.90 Å². The Balaban J connectivity index is 2.16. The molecule has 1 unspecified atom stereocenters. The van der Waals surface area contributed by atoms with Crippen LogP contribution < -0.4 is 0 Å². The number of fused-ring (bicyclic) bond motifs is 1. The highest BCUT2D eigenvalue weighted by atomic mass is 35.5. The number of Topliss-reactive ketones (excluding diaryl/α,β-unsaturated/α-hetero) is 1. The van der Waals surface area contributed by atoms with E-state index in [1.165, 1.54) is 0 Å². The largest absolute Gasteiger partial charge is 0.508 e. The van der Waals surface area contributed by atoms with Gasteiger partial charge in [0.05, 0.1) is 0 Å². The van der Waals surface area contributed by atoms with E-state index in [2.05, 4.69) is 0 Å². The Morgan fingerprint density at radius 2 is 1.81 bits per heavy atom. The Morgan fingerprint density at radius 1 is 1.14 bits per heavy atom. The molecule has 0 saturated carbocycles. The van der Waals surface area contributed by atoms with Gasteiger partial charge in [-0.25, -0.2) is 0 Å². The van der Waals surface area contributed by atoms with Gasteiger partial charge in [0.15, 0.2) is 5.78 Å². The first-order chi connectivity index (χ1) is 9.88. The summed E-state index contributed by atoms with van der Waals surface area (Å²) in [5, 5.41) is 10.4. The smallest absolute Gasteiger partial charge is 0.168 e. The second-order valence-electron chi connectivity index (χ2n) is 6.29. The lowest BCUT2D eigenvalue weighted by molar-refractivity contribution is 0.0801. The van der Waals surface area contributed by atoms with Crippen LogP contribution in [0, 0.1) is 5.41 Å². The van der Waals surface area contributed by atoms with Crippen LogP contribution in [0.15, 0.2) is 42.5 Å². The van der Waals surface area contributed by atoms with E-state index >= 15 is 0 Å². The van der Waals surface area contributed by atoms with Gasteiger partial charge in [0.1, 0.15) is 5.75 Å². The van der Waals surface area contributed by atoms with Gasteiger partial charge in [0.2, 0.25) is 0 Å². The molecular formula is C18H17ClO2. The van der Waals surface area contributed by atoms with Crippen molar-refractivity contribution in [3.8, 4) is 5.75 Å². The summed E-state index contributed by atoms with van der Waals surface area (Å²) >= 11 is 5.96. The summed E-state index contributed by atoms with van der Waals surface area (Å²) in [5.74, 6) is 0.374. The lowest BCUT2D eigenvalue weighted by Gasteiger charge is -2.36. The topological polar surface area (TPSA) is 37.3 Å². The van der Waals surface area contributed by atoms with Crippen LogP contribution in [0.25, 0.3) is 0 Å². The molecule has 2 nitrogen and oxygen atoms in total. The molecule has 0 bridgehead atoms. The third-order valence-corrected chi connectivity index (χ3v) is 4.51. The van der Waals surface area contributed by atoms with Crippen LogP contribution in [-0.2, 0) is 0 Å². The van der Waals surface area contributed by atoms with Crippen LogP contribution in [0.1, 0.15) is 47.7 Å². The summed E-state index contributed by atoms with van der Waals surface area (Å²) in [6.45, 7) is 3.93. The van der Waals surface area contributed by atoms with Crippen molar-refractivity contribution in [2.24, 2.45) is 5.41 Å². The average Bonchev–Trinajstić information content (AvgIpc) is 2.44. The number of carbonyl (C=O) groups is 1. The quantitative estimate of drug-likeness (QED) is 0.822. The Hall–Kier alpha value is -1.80. The monoisotopic (exact) mass is 300 g/mol. The summed E-state index contributed by atoms with van der Waals surface area (Å²) in [6, 6.07) is 12.9. The molecule has 0 saturated heterocycles. The number of hydrogen-bond acceptors (Lipinski definition) is 2. The van der Waals surface area contributed by atoms with E-state index in [1.54, 1.807) is 12.1 Å². The normalized spacial score (nSPS) is 20.1. The number of ketones is 1. The second kappa shape index (κ2) is 4.88. The molecule has 21 heavy (non-hydrogen) atoms. The predicted molar refractivity (Wildman–Crippen MR) is 84.1 cm³/mol. The van der Waals surface area contributed by atoms with Crippen molar-refractivity contribution in [3.63, 3.8) is 0 Å². The number of carbonyl (C=O) groups excluding carboxylic acids is 1. The predicted octanol–water partition coefficient (Wildman–Crippen LogP) is 4.79. The fourth-order valence-corrected chi connectivity index (χ4v) is 3.24. The summed E-state index contributed by atoms with van der Waals surface area (Å²) in [7, 11) is 0. The van der Waals surface area contributed by atoms with Crippen molar-refractivity contribution in [1.82, 2.24) is 0 Å². The zero-order valence-electron chi connectivity index (χ0n) is 12.1. The highest BCUT2D eigenvalue weighted by molar-refractivity contribution is 6.30. The maximum atomic E-state index is 12.6. The Labute approximate surface area is 129 Å². The van der Waals surface area contributed by atoms with Gasteiger partial charge in [-0.1, -0.05) is 43.6 Å². The molecule has 0 heterocycles. The SMILES string of the molecule is CC1(C)CC(c2ccc(Cl)cc2)c2ccc(O)cc2C1=O. The number of halogens is 1. The maximum Gasteiger partial charge on any atom is 0.168 e. The van der Waals surface area contributed by atoms with Crippen molar-refractivity contribution in [1.29, 1.82) is 0 Å². The van der Waals surface area contributed by atoms with Gasteiger partial charge >= 0.3 is 0 Å². The van der Waals surface area contributed by atoms with Crippen LogP contribution in [0.5, 0.6) is 5.75 Å². The third-order valence-electron chi connectivity index (χ3n) is 4.26. The lowest BCUT2D eigenvalue weighted by atomic mass is 9.66. The number of phenols is 1. The first-order valence-electron chi connectivity index (χ1n) is 7.02. The zero-order valence-corrected chi connectivity index (χ0v) is 12.8. The standard InChI is InChI=1S/C18H17ClO2/c1-18(2)10-16(11-3-5-12(19)6-4-11)14-8-7-13(20)9-15(14)17(18)21/h3-9,16,20H,10H2,1-2H3. The van der Waals surface area contributed by atoms with E-state index < -0.39 is 5.41 Å². The lowest BCUT2D eigenvalue weighted by Crippen LogP contribution is -2.33. The number of aromatic hydroxyl groups is 1. The van der Waals surface area contributed by atoms with Crippen LogP contribution >= 0.6 is 11.6 Å². The molecule has 0 aliphatic heterocycles. The Morgan fingerprint density at radius 3 is 2.48 bits per heavy atom. The number of rotatable bonds is 1. The number of phenolic OH excluding ortho intramolecular Hbond substituents is 1. The van der Waals surface area contributed by atoms with Crippen molar-refractivity contribution >= 4 is 17.4 Å². The van der Waals surface area contributed by atoms with E-state index in [-0.39, 0.29) is 17.5 Å². The minimum atomic E-state index is -0.439. The van der Waals surface area contributed by atoms with Crippen LogP contribution in [0.2, 0.25) is 5.02 Å². The second-order valence-corrected chi connectivity index (χ2v) is 6.73. The van der Waals surface area contributed by atoms with Crippen molar-refractivity contribution in [2.45, 2.75) is 26.2 Å². The fraction of sp³-hybridized carbons (Fsp3) is 0.278. The van der Waals surface area contributed by atoms with E-state index in [1.807, 2.05) is 44.2 Å². The van der Waals surface area contributed by atoms with Crippen LogP contribution in [-0.4, -0.2) is 10.9 Å². The van der Waals surface area contributed by atoms with Crippen molar-refractivity contribution in [3.05, 3.63) is 64.2 Å². The molecule has 0 radical (unpaired) electrons.